The predicted octanol–water partition coefficient (Wildman–Crippen LogP) is 12.0. The Kier molecular flexibility index (Phi) is 11.1. The molecule has 0 bridgehead atoms. The fourth-order valence-electron chi connectivity index (χ4n) is 15.8. The summed E-state index contributed by atoms with van der Waals surface area (Å²) in [6.07, 6.45) is 25.3. The van der Waals surface area contributed by atoms with Gasteiger partial charge in [0.25, 0.3) is 0 Å². The van der Waals surface area contributed by atoms with Crippen molar-refractivity contribution in [3.05, 3.63) is 35.5 Å². The molecule has 0 spiro atoms. The van der Waals surface area contributed by atoms with Crippen molar-refractivity contribution < 1.29 is 19.4 Å². The Morgan fingerprint density at radius 3 is 2.26 bits per heavy atom. The van der Waals surface area contributed by atoms with Crippen molar-refractivity contribution in [2.24, 2.45) is 68.5 Å². The fourth-order valence-corrected chi connectivity index (χ4v) is 15.8. The lowest BCUT2D eigenvalue weighted by Gasteiger charge is -2.72. The highest BCUT2D eigenvalue weighted by Gasteiger charge is 2.68. The molecule has 0 amide bonds. The molecule has 0 radical (unpaired) electrons. The normalized spacial score (nSPS) is 47.4. The molecule has 0 aromatic heterocycles. The van der Waals surface area contributed by atoms with E-state index >= 15 is 0 Å². The first-order chi connectivity index (χ1) is 25.4. The number of carbonyl (C=O) groups is 1. The molecule has 0 aromatic rings. The van der Waals surface area contributed by atoms with Gasteiger partial charge in [-0.25, -0.2) is 4.39 Å². The summed E-state index contributed by atoms with van der Waals surface area (Å²) in [5, 5.41) is 25.4. The molecule has 7 aliphatic rings. The van der Waals surface area contributed by atoms with Crippen molar-refractivity contribution in [2.75, 3.05) is 13.2 Å². The van der Waals surface area contributed by atoms with Crippen LogP contribution in [0.3, 0.4) is 0 Å². The number of nitrogens with one attached hydrogen (secondary N) is 1. The zero-order valence-electron chi connectivity index (χ0n) is 35.5. The molecule has 3 N–H and O–H groups in total. The number of carboxylic acids is 1. The highest BCUT2D eigenvalue weighted by atomic mass is 19.1. The Morgan fingerprint density at radius 1 is 0.889 bits per heavy atom. The molecule has 0 saturated heterocycles. The number of alkyl halides is 1. The van der Waals surface area contributed by atoms with Gasteiger partial charge in [0, 0.05) is 6.04 Å². The van der Waals surface area contributed by atoms with Gasteiger partial charge in [-0.15, -0.1) is 6.58 Å². The average Bonchev–Trinajstić information content (AvgIpc) is 3.28. The summed E-state index contributed by atoms with van der Waals surface area (Å²) in [5.74, 6) is 3.94. The second kappa shape index (κ2) is 14.7. The van der Waals surface area contributed by atoms with Gasteiger partial charge in [0.1, 0.15) is 6.67 Å². The van der Waals surface area contributed by atoms with Gasteiger partial charge in [0.2, 0.25) is 0 Å². The molecule has 7 rings (SSSR count). The van der Waals surface area contributed by atoms with Crippen LogP contribution in [0.2, 0.25) is 0 Å². The third-order valence-corrected chi connectivity index (χ3v) is 19.1. The second-order valence-corrected chi connectivity index (χ2v) is 22.2. The zero-order valence-corrected chi connectivity index (χ0v) is 35.5. The van der Waals surface area contributed by atoms with E-state index in [0.29, 0.717) is 53.9 Å². The summed E-state index contributed by atoms with van der Waals surface area (Å²) in [6, 6.07) is 0.557. The molecule has 7 aliphatic carbocycles. The van der Waals surface area contributed by atoms with E-state index in [1.807, 2.05) is 0 Å². The number of allylic oxidation sites excluding steroid dienone is 5. The van der Waals surface area contributed by atoms with E-state index < -0.39 is 23.7 Å². The molecule has 5 fully saturated rings. The van der Waals surface area contributed by atoms with E-state index in [1.54, 1.807) is 0 Å². The maximum Gasteiger partial charge on any atom is 0.312 e. The summed E-state index contributed by atoms with van der Waals surface area (Å²) in [7, 11) is 0. The van der Waals surface area contributed by atoms with Crippen molar-refractivity contribution >= 4 is 5.97 Å². The van der Waals surface area contributed by atoms with Gasteiger partial charge in [-0.1, -0.05) is 65.7 Å². The van der Waals surface area contributed by atoms with Crippen LogP contribution in [0.15, 0.2) is 35.5 Å². The minimum atomic E-state index is -1.25. The van der Waals surface area contributed by atoms with Crippen molar-refractivity contribution in [1.29, 1.82) is 0 Å². The Bertz CT molecular complexity index is 1490. The van der Waals surface area contributed by atoms with Gasteiger partial charge in [-0.2, -0.15) is 0 Å². The second-order valence-electron chi connectivity index (χ2n) is 22.2. The lowest BCUT2D eigenvalue weighted by molar-refractivity contribution is -0.223. The number of halogens is 1. The Morgan fingerprint density at radius 2 is 1.61 bits per heavy atom. The first-order valence-corrected chi connectivity index (χ1v) is 22.7. The lowest BCUT2D eigenvalue weighted by atomic mass is 9.33. The van der Waals surface area contributed by atoms with Gasteiger partial charge in [0.15, 0.2) is 0 Å². The first-order valence-electron chi connectivity index (χ1n) is 22.7. The third-order valence-electron chi connectivity index (χ3n) is 19.1. The Labute approximate surface area is 329 Å². The van der Waals surface area contributed by atoms with E-state index in [0.717, 1.165) is 68.7 Å². The van der Waals surface area contributed by atoms with E-state index in [2.05, 4.69) is 72.5 Å². The standard InChI is InChI=1S/C49H78FNO3/c1-32(2)30-35-10-9-11-39(51-29-28-49(54)26-14-33(3)15-27-49)36-18-22-46(7)38(42(35)36)12-13-41-45(6)21-19-37(44(4,5)40(45)20-23-47(41,46)8)34-16-24-48(31-50,25-17-34)43(52)53/h16,19,33,35-36,38-42,51,54H,1,9-15,17-18,20-31H2,2-8H3,(H,52,53)/t33?,35-,36+,38+,39?,40-,41+,42-,45-,46+,47+,48-,49?/m0/s1. The van der Waals surface area contributed by atoms with Crippen LogP contribution in [0.1, 0.15) is 170 Å². The third kappa shape index (κ3) is 6.65. The monoisotopic (exact) mass is 748 g/mol. The van der Waals surface area contributed by atoms with E-state index in [4.69, 9.17) is 0 Å². The van der Waals surface area contributed by atoms with E-state index in [-0.39, 0.29) is 10.8 Å². The largest absolute Gasteiger partial charge is 0.481 e. The van der Waals surface area contributed by atoms with Crippen molar-refractivity contribution in [3.63, 3.8) is 0 Å². The molecule has 4 nitrogen and oxygen atoms in total. The minimum absolute atomic E-state index is 0.00426. The van der Waals surface area contributed by atoms with Crippen LogP contribution in [-0.4, -0.2) is 41.0 Å². The van der Waals surface area contributed by atoms with Crippen LogP contribution in [0.25, 0.3) is 0 Å². The smallest absolute Gasteiger partial charge is 0.312 e. The number of hydrogen-bond donors (Lipinski definition) is 3. The Balaban J connectivity index is 1.13. The number of aliphatic carboxylic acids is 1. The molecule has 54 heavy (non-hydrogen) atoms. The predicted molar refractivity (Wildman–Crippen MR) is 220 cm³/mol. The van der Waals surface area contributed by atoms with Gasteiger partial charge in [-0.3, -0.25) is 4.79 Å². The average molecular weight is 748 g/mol. The minimum Gasteiger partial charge on any atom is -0.481 e. The van der Waals surface area contributed by atoms with Gasteiger partial charge in [-0.05, 0) is 203 Å². The number of carboxylic acid groups (broad SMARTS) is 1. The highest BCUT2D eigenvalue weighted by molar-refractivity contribution is 5.75. The van der Waals surface area contributed by atoms with Crippen LogP contribution >= 0.6 is 0 Å². The quantitative estimate of drug-likeness (QED) is 0.205. The maximum absolute atomic E-state index is 14.0. The number of hydrogen-bond acceptors (Lipinski definition) is 3. The maximum atomic E-state index is 14.0. The fraction of sp³-hybridized carbons (Fsp3) is 0.857. The summed E-state index contributed by atoms with van der Waals surface area (Å²) in [4.78, 5) is 12.0. The molecular weight excluding hydrogens is 670 g/mol. The van der Waals surface area contributed by atoms with Crippen LogP contribution in [0.5, 0.6) is 0 Å². The van der Waals surface area contributed by atoms with Crippen LogP contribution in [0.4, 0.5) is 4.39 Å². The van der Waals surface area contributed by atoms with E-state index in [9.17, 15) is 19.4 Å². The molecule has 0 aliphatic heterocycles. The molecular formula is C49H78FNO3. The van der Waals surface area contributed by atoms with Crippen molar-refractivity contribution in [2.45, 2.75) is 182 Å². The molecule has 0 aromatic carbocycles. The summed E-state index contributed by atoms with van der Waals surface area (Å²) >= 11 is 0. The zero-order chi connectivity index (χ0) is 38.9. The number of fused-ring (bicyclic) bond motifs is 7. The highest BCUT2D eigenvalue weighted by Crippen LogP contribution is 2.76. The van der Waals surface area contributed by atoms with Crippen LogP contribution < -0.4 is 5.32 Å². The van der Waals surface area contributed by atoms with Gasteiger partial charge < -0.3 is 15.5 Å². The summed E-state index contributed by atoms with van der Waals surface area (Å²) in [6.45, 7) is 22.4. The first kappa shape index (κ1) is 40.7. The topological polar surface area (TPSA) is 69.6 Å². The summed E-state index contributed by atoms with van der Waals surface area (Å²) < 4.78 is 14.0. The molecule has 5 heteroatoms. The van der Waals surface area contributed by atoms with Gasteiger partial charge >= 0.3 is 5.97 Å². The number of rotatable bonds is 9. The lowest BCUT2D eigenvalue weighted by Crippen LogP contribution is -2.65. The van der Waals surface area contributed by atoms with E-state index in [1.165, 1.54) is 80.9 Å². The molecule has 304 valence electrons. The van der Waals surface area contributed by atoms with Crippen LogP contribution in [0, 0.1) is 68.5 Å². The SMILES string of the molecule is C=C(C)C[C@@H]1CCCC(NCCC2(O)CCC(C)CC2)[C@H]2CC[C@]3(C)[C@H](CC[C@@H]4[C@@]5(C)CC=C(C6=CC[C@](CF)(C(=O)O)CC6)C(C)(C)[C@@H]5CC[C@]43C)[C@@H]12. The van der Waals surface area contributed by atoms with Gasteiger partial charge in [0.05, 0.1) is 11.0 Å². The van der Waals surface area contributed by atoms with Crippen molar-refractivity contribution in [1.82, 2.24) is 5.32 Å². The molecule has 1 unspecified atom stereocenters. The summed E-state index contributed by atoms with van der Waals surface area (Å²) in [5.41, 5.74) is 3.20. The Hall–Kier alpha value is -1.46. The molecule has 0 heterocycles. The molecule has 11 atom stereocenters. The number of aliphatic hydroxyl groups is 1. The molecule has 5 saturated carbocycles. The van der Waals surface area contributed by atoms with Crippen molar-refractivity contribution in [3.8, 4) is 0 Å². The van der Waals surface area contributed by atoms with Crippen LogP contribution in [-0.2, 0) is 4.79 Å².